The fourth-order valence-electron chi connectivity index (χ4n) is 2.12. The Balaban J connectivity index is 1.92. The number of rotatable bonds is 1. The van der Waals surface area contributed by atoms with Crippen molar-refractivity contribution < 1.29 is 20.1 Å². The molecule has 0 amide bonds. The third kappa shape index (κ3) is 2.10. The Kier molecular flexibility index (Phi) is 2.59. The number of aromatic hydroxyl groups is 3. The third-order valence-electron chi connectivity index (χ3n) is 3.09. The Morgan fingerprint density at radius 2 is 1.74 bits per heavy atom. The SMILES string of the molecule is Oc1ccc(C2COc3cc(O)cc(O)c3N2)cc1. The van der Waals surface area contributed by atoms with Crippen LogP contribution in [0.3, 0.4) is 0 Å². The molecule has 0 bridgehead atoms. The van der Waals surface area contributed by atoms with Crippen LogP contribution in [0.4, 0.5) is 5.69 Å². The van der Waals surface area contributed by atoms with Gasteiger partial charge < -0.3 is 25.4 Å². The van der Waals surface area contributed by atoms with Crippen LogP contribution >= 0.6 is 0 Å². The van der Waals surface area contributed by atoms with Crippen molar-refractivity contribution in [1.29, 1.82) is 0 Å². The lowest BCUT2D eigenvalue weighted by Crippen LogP contribution is -2.23. The molecular weight excluding hydrogens is 246 g/mol. The molecular formula is C14H13NO4. The predicted octanol–water partition coefficient (Wildman–Crippen LogP) is 2.35. The number of anilines is 1. The van der Waals surface area contributed by atoms with E-state index >= 15 is 0 Å². The van der Waals surface area contributed by atoms with Crippen molar-refractivity contribution in [2.24, 2.45) is 0 Å². The number of benzene rings is 2. The van der Waals surface area contributed by atoms with Crippen LogP contribution in [0.15, 0.2) is 36.4 Å². The monoisotopic (exact) mass is 259 g/mol. The molecule has 19 heavy (non-hydrogen) atoms. The second kappa shape index (κ2) is 4.28. The molecule has 0 spiro atoms. The van der Waals surface area contributed by atoms with E-state index in [0.29, 0.717) is 18.0 Å². The zero-order valence-corrected chi connectivity index (χ0v) is 10.00. The molecule has 0 aliphatic carbocycles. The molecule has 1 unspecified atom stereocenters. The first-order valence-electron chi connectivity index (χ1n) is 5.88. The van der Waals surface area contributed by atoms with Gasteiger partial charge in [0.1, 0.15) is 35.3 Å². The average molecular weight is 259 g/mol. The summed E-state index contributed by atoms with van der Waals surface area (Å²) in [7, 11) is 0. The quantitative estimate of drug-likeness (QED) is 0.467. The van der Waals surface area contributed by atoms with Gasteiger partial charge in [0.15, 0.2) is 0 Å². The molecule has 2 aromatic carbocycles. The Bertz CT molecular complexity index is 610. The van der Waals surface area contributed by atoms with Crippen molar-refractivity contribution in [3.63, 3.8) is 0 Å². The van der Waals surface area contributed by atoms with Gasteiger partial charge in [0.05, 0.1) is 6.04 Å². The van der Waals surface area contributed by atoms with Gasteiger partial charge in [-0.3, -0.25) is 0 Å². The van der Waals surface area contributed by atoms with Gasteiger partial charge >= 0.3 is 0 Å². The minimum absolute atomic E-state index is 0.0406. The van der Waals surface area contributed by atoms with Crippen LogP contribution in [0.5, 0.6) is 23.0 Å². The smallest absolute Gasteiger partial charge is 0.150 e. The third-order valence-corrected chi connectivity index (χ3v) is 3.09. The lowest BCUT2D eigenvalue weighted by molar-refractivity contribution is 0.282. The minimum Gasteiger partial charge on any atom is -0.508 e. The van der Waals surface area contributed by atoms with Crippen molar-refractivity contribution in [1.82, 2.24) is 0 Å². The molecule has 1 atom stereocenters. The zero-order valence-electron chi connectivity index (χ0n) is 10.00. The number of ether oxygens (including phenoxy) is 1. The van der Waals surface area contributed by atoms with Crippen molar-refractivity contribution in [3.05, 3.63) is 42.0 Å². The molecule has 1 heterocycles. The maximum atomic E-state index is 9.80. The Hall–Kier alpha value is -2.56. The van der Waals surface area contributed by atoms with Gasteiger partial charge in [-0.2, -0.15) is 0 Å². The standard InChI is InChI=1S/C14H13NO4/c16-9-3-1-8(2-4-9)11-7-19-13-6-10(17)5-12(18)14(13)15-11/h1-6,11,15-18H,7H2. The molecule has 0 fully saturated rings. The van der Waals surface area contributed by atoms with Crippen molar-refractivity contribution in [2.75, 3.05) is 11.9 Å². The largest absolute Gasteiger partial charge is 0.508 e. The molecule has 0 radical (unpaired) electrons. The van der Waals surface area contributed by atoms with Gasteiger partial charge in [0.2, 0.25) is 0 Å². The highest BCUT2D eigenvalue weighted by molar-refractivity contribution is 5.69. The summed E-state index contributed by atoms with van der Waals surface area (Å²) >= 11 is 0. The van der Waals surface area contributed by atoms with Crippen LogP contribution < -0.4 is 10.1 Å². The van der Waals surface area contributed by atoms with E-state index in [4.69, 9.17) is 4.74 Å². The first-order chi connectivity index (χ1) is 9.13. The van der Waals surface area contributed by atoms with E-state index in [0.717, 1.165) is 5.56 Å². The molecule has 98 valence electrons. The van der Waals surface area contributed by atoms with E-state index in [2.05, 4.69) is 5.32 Å². The van der Waals surface area contributed by atoms with Gasteiger partial charge in [0, 0.05) is 12.1 Å². The molecule has 5 nitrogen and oxygen atoms in total. The topological polar surface area (TPSA) is 82.0 Å². The highest BCUT2D eigenvalue weighted by Gasteiger charge is 2.23. The van der Waals surface area contributed by atoms with Crippen LogP contribution in [0, 0.1) is 0 Å². The first-order valence-corrected chi connectivity index (χ1v) is 5.88. The van der Waals surface area contributed by atoms with E-state index < -0.39 is 0 Å². The maximum Gasteiger partial charge on any atom is 0.150 e. The van der Waals surface area contributed by atoms with E-state index in [1.807, 2.05) is 0 Å². The number of phenolic OH excluding ortho intramolecular Hbond substituents is 3. The molecule has 5 heteroatoms. The Morgan fingerprint density at radius 1 is 1.00 bits per heavy atom. The summed E-state index contributed by atoms with van der Waals surface area (Å²) in [4.78, 5) is 0. The average Bonchev–Trinajstić information content (AvgIpc) is 2.39. The van der Waals surface area contributed by atoms with Crippen LogP contribution in [0.25, 0.3) is 0 Å². The van der Waals surface area contributed by atoms with E-state index in [1.165, 1.54) is 12.1 Å². The number of phenols is 3. The highest BCUT2D eigenvalue weighted by Crippen LogP contribution is 2.42. The molecule has 0 saturated carbocycles. The van der Waals surface area contributed by atoms with Gasteiger partial charge in [-0.1, -0.05) is 12.1 Å². The number of nitrogens with one attached hydrogen (secondary N) is 1. The summed E-state index contributed by atoms with van der Waals surface area (Å²) in [5.41, 5.74) is 1.40. The minimum atomic E-state index is -0.122. The second-order valence-electron chi connectivity index (χ2n) is 4.44. The van der Waals surface area contributed by atoms with Gasteiger partial charge in [-0.25, -0.2) is 0 Å². The van der Waals surface area contributed by atoms with Crippen LogP contribution in [-0.2, 0) is 0 Å². The Labute approximate surface area is 109 Å². The molecule has 1 aliphatic heterocycles. The van der Waals surface area contributed by atoms with Crippen molar-refractivity contribution in [3.8, 4) is 23.0 Å². The lowest BCUT2D eigenvalue weighted by Gasteiger charge is -2.28. The summed E-state index contributed by atoms with van der Waals surface area (Å²) in [5, 5.41) is 31.6. The number of hydrogen-bond acceptors (Lipinski definition) is 5. The normalized spacial score (nSPS) is 17.2. The molecule has 0 aromatic heterocycles. The summed E-state index contributed by atoms with van der Waals surface area (Å²) in [6, 6.07) is 9.37. The summed E-state index contributed by atoms with van der Waals surface area (Å²) in [6.45, 7) is 0.376. The van der Waals surface area contributed by atoms with Crippen LogP contribution in [-0.4, -0.2) is 21.9 Å². The van der Waals surface area contributed by atoms with Crippen LogP contribution in [0.1, 0.15) is 11.6 Å². The van der Waals surface area contributed by atoms with Gasteiger partial charge in [0.25, 0.3) is 0 Å². The number of fused-ring (bicyclic) bond motifs is 1. The van der Waals surface area contributed by atoms with Crippen LogP contribution in [0.2, 0.25) is 0 Å². The molecule has 4 N–H and O–H groups in total. The summed E-state index contributed by atoms with van der Waals surface area (Å²) in [6.07, 6.45) is 0. The predicted molar refractivity (Wildman–Crippen MR) is 69.7 cm³/mol. The summed E-state index contributed by atoms with van der Waals surface area (Å²) < 4.78 is 5.54. The molecule has 2 aromatic rings. The maximum absolute atomic E-state index is 9.80. The van der Waals surface area contributed by atoms with Crippen molar-refractivity contribution in [2.45, 2.75) is 6.04 Å². The fraction of sp³-hybridized carbons (Fsp3) is 0.143. The fourth-order valence-corrected chi connectivity index (χ4v) is 2.12. The Morgan fingerprint density at radius 3 is 2.47 bits per heavy atom. The summed E-state index contributed by atoms with van der Waals surface area (Å²) in [5.74, 6) is 0.529. The molecule has 1 aliphatic rings. The zero-order chi connectivity index (χ0) is 13.4. The molecule has 0 saturated heterocycles. The first kappa shape index (κ1) is 11.5. The van der Waals surface area contributed by atoms with Crippen molar-refractivity contribution >= 4 is 5.69 Å². The molecule has 3 rings (SSSR count). The van der Waals surface area contributed by atoms with Gasteiger partial charge in [-0.15, -0.1) is 0 Å². The second-order valence-corrected chi connectivity index (χ2v) is 4.44. The van der Waals surface area contributed by atoms with E-state index in [9.17, 15) is 15.3 Å². The lowest BCUT2D eigenvalue weighted by atomic mass is 10.1. The van der Waals surface area contributed by atoms with E-state index in [1.54, 1.807) is 24.3 Å². The number of hydrogen-bond donors (Lipinski definition) is 4. The highest BCUT2D eigenvalue weighted by atomic mass is 16.5. The van der Waals surface area contributed by atoms with Gasteiger partial charge in [-0.05, 0) is 17.7 Å². The van der Waals surface area contributed by atoms with E-state index in [-0.39, 0.29) is 23.3 Å².